The van der Waals surface area contributed by atoms with Crippen LogP contribution < -0.4 is 25.5 Å². The van der Waals surface area contributed by atoms with Crippen molar-refractivity contribution in [2.45, 2.75) is 19.5 Å². The van der Waals surface area contributed by atoms with E-state index in [1.165, 1.54) is 26.2 Å². The van der Waals surface area contributed by atoms with Crippen LogP contribution in [0.1, 0.15) is 19.0 Å². The molecule has 0 amide bonds. The van der Waals surface area contributed by atoms with E-state index in [-0.39, 0.29) is 49.9 Å². The third-order valence-corrected chi connectivity index (χ3v) is 4.88. The van der Waals surface area contributed by atoms with Crippen molar-refractivity contribution in [3.05, 3.63) is 67.7 Å². The molecule has 9 nitrogen and oxygen atoms in total. The van der Waals surface area contributed by atoms with Gasteiger partial charge in [-0.3, -0.25) is 14.2 Å². The fraction of sp³-hybridized carbons (Fsp3) is 0.238. The van der Waals surface area contributed by atoms with E-state index >= 15 is 0 Å². The van der Waals surface area contributed by atoms with E-state index in [4.69, 9.17) is 25.8 Å². The van der Waals surface area contributed by atoms with E-state index in [9.17, 15) is 31.9 Å². The molecular formula is C21H16ClF4N3O6. The summed E-state index contributed by atoms with van der Waals surface area (Å²) in [4.78, 5) is 40.6. The molecule has 0 unspecified atom stereocenters. The Balaban J connectivity index is 2.15. The van der Waals surface area contributed by atoms with Crippen LogP contribution in [0, 0.1) is 5.82 Å². The highest BCUT2D eigenvalue weighted by Gasteiger charge is 2.35. The summed E-state index contributed by atoms with van der Waals surface area (Å²) in [5.41, 5.74) is -5.13. The minimum Gasteiger partial charge on any atom is -0.481 e. The first-order chi connectivity index (χ1) is 16.4. The number of hydrogen-bond acceptors (Lipinski definition) is 7. The number of benzene rings is 1. The highest BCUT2D eigenvalue weighted by atomic mass is 35.5. The Bertz CT molecular complexity index is 1420. The van der Waals surface area contributed by atoms with Gasteiger partial charge in [-0.15, -0.1) is 0 Å². The highest BCUT2D eigenvalue weighted by molar-refractivity contribution is 6.32. The number of methoxy groups -OCH3 is 1. The summed E-state index contributed by atoms with van der Waals surface area (Å²) in [5, 5.41) is -0.327. The molecule has 1 aromatic carbocycles. The second-order valence-electron chi connectivity index (χ2n) is 6.86. The van der Waals surface area contributed by atoms with Gasteiger partial charge in [-0.05, 0) is 12.1 Å². The van der Waals surface area contributed by atoms with Gasteiger partial charge in [0, 0.05) is 31.7 Å². The van der Waals surface area contributed by atoms with Crippen molar-refractivity contribution in [1.29, 1.82) is 0 Å². The minimum atomic E-state index is -4.99. The Labute approximate surface area is 199 Å². The number of nitrogens with zero attached hydrogens (tertiary/aromatic N) is 3. The largest absolute Gasteiger partial charge is 0.481 e. The lowest BCUT2D eigenvalue weighted by Crippen LogP contribution is -2.41. The van der Waals surface area contributed by atoms with Gasteiger partial charge in [0.25, 0.3) is 11.4 Å². The molecule has 3 rings (SSSR count). The maximum absolute atomic E-state index is 14.7. The lowest BCUT2D eigenvalue weighted by atomic mass is 10.2. The maximum atomic E-state index is 14.7. The predicted octanol–water partition coefficient (Wildman–Crippen LogP) is 3.86. The lowest BCUT2D eigenvalue weighted by molar-refractivity contribution is -0.144. The predicted molar refractivity (Wildman–Crippen MR) is 114 cm³/mol. The number of alkyl halides is 3. The third kappa shape index (κ3) is 5.29. The summed E-state index contributed by atoms with van der Waals surface area (Å²) < 4.78 is 70.1. The van der Waals surface area contributed by atoms with E-state index < -0.39 is 40.6 Å². The van der Waals surface area contributed by atoms with Gasteiger partial charge in [-0.2, -0.15) is 18.2 Å². The smallest absolute Gasteiger partial charge is 0.431 e. The van der Waals surface area contributed by atoms with Gasteiger partial charge in [0.05, 0.1) is 17.8 Å². The van der Waals surface area contributed by atoms with Crippen LogP contribution in [0.15, 0.2) is 39.9 Å². The molecule has 0 aliphatic heterocycles. The molecule has 186 valence electrons. The van der Waals surface area contributed by atoms with E-state index in [0.717, 1.165) is 13.1 Å². The van der Waals surface area contributed by atoms with Crippen LogP contribution in [0.3, 0.4) is 0 Å². The van der Waals surface area contributed by atoms with Crippen LogP contribution in [0.5, 0.6) is 23.3 Å². The summed E-state index contributed by atoms with van der Waals surface area (Å²) in [5.74, 6) is -2.59. The van der Waals surface area contributed by atoms with Gasteiger partial charge >= 0.3 is 17.8 Å². The number of hydrogen-bond donors (Lipinski definition) is 0. The van der Waals surface area contributed by atoms with Crippen molar-refractivity contribution in [3.8, 4) is 28.9 Å². The average Bonchev–Trinajstić information content (AvgIpc) is 2.79. The number of esters is 1. The van der Waals surface area contributed by atoms with Crippen LogP contribution in [0.4, 0.5) is 17.6 Å². The van der Waals surface area contributed by atoms with Crippen molar-refractivity contribution in [1.82, 2.24) is 14.1 Å². The molecule has 14 heteroatoms. The lowest BCUT2D eigenvalue weighted by Gasteiger charge is -2.16. The number of carbonyl (C=O) groups excluding carboxylic acids is 1. The molecule has 0 bridgehead atoms. The molecule has 0 aliphatic rings. The molecule has 35 heavy (non-hydrogen) atoms. The zero-order valence-corrected chi connectivity index (χ0v) is 19.0. The molecule has 0 radical (unpaired) electrons. The van der Waals surface area contributed by atoms with Crippen molar-refractivity contribution >= 4 is 17.6 Å². The summed E-state index contributed by atoms with van der Waals surface area (Å²) >= 11 is 6.04. The van der Waals surface area contributed by atoms with E-state index in [2.05, 4.69) is 4.98 Å². The Hall–Kier alpha value is -3.87. The van der Waals surface area contributed by atoms with Crippen LogP contribution >= 0.6 is 11.6 Å². The molecule has 0 N–H and O–H groups in total. The molecule has 0 saturated carbocycles. The Morgan fingerprint density at radius 2 is 1.83 bits per heavy atom. The molecule has 0 saturated heterocycles. The minimum absolute atomic E-state index is 0.0000845. The number of ether oxygens (including phenoxy) is 3. The first-order valence-corrected chi connectivity index (χ1v) is 10.1. The molecule has 3 aromatic rings. The summed E-state index contributed by atoms with van der Waals surface area (Å²) in [6.07, 6.45) is -4.99. The quantitative estimate of drug-likeness (QED) is 0.361. The summed E-state index contributed by atoms with van der Waals surface area (Å²) in [6, 6.07) is 4.35. The van der Waals surface area contributed by atoms with E-state index in [0.29, 0.717) is 6.07 Å². The molecule has 0 aliphatic carbocycles. The second kappa shape index (κ2) is 9.78. The fourth-order valence-corrected chi connectivity index (χ4v) is 3.05. The molecule has 0 fully saturated rings. The van der Waals surface area contributed by atoms with Gasteiger partial charge < -0.3 is 14.2 Å². The monoisotopic (exact) mass is 517 g/mol. The SMILES string of the molecule is CCC(=O)Oc1nc(OC)ccc1Oc1cc(-n2c(=O)cc(C(F)(F)F)n(C)c2=O)c(F)cc1Cl. The zero-order valence-electron chi connectivity index (χ0n) is 18.3. The summed E-state index contributed by atoms with van der Waals surface area (Å²) in [6.45, 7) is 1.54. The van der Waals surface area contributed by atoms with Crippen LogP contribution in [0.2, 0.25) is 5.02 Å². The molecule has 0 atom stereocenters. The number of halogens is 5. The van der Waals surface area contributed by atoms with E-state index in [1.54, 1.807) is 0 Å². The average molecular weight is 518 g/mol. The van der Waals surface area contributed by atoms with Gasteiger partial charge in [0.15, 0.2) is 5.75 Å². The van der Waals surface area contributed by atoms with E-state index in [1.807, 2.05) is 0 Å². The van der Waals surface area contributed by atoms with Crippen molar-refractivity contribution in [2.75, 3.05) is 7.11 Å². The molecular weight excluding hydrogens is 502 g/mol. The van der Waals surface area contributed by atoms with Gasteiger partial charge in [-0.25, -0.2) is 13.8 Å². The van der Waals surface area contributed by atoms with Gasteiger partial charge in [0.2, 0.25) is 5.88 Å². The van der Waals surface area contributed by atoms with Crippen molar-refractivity contribution in [3.63, 3.8) is 0 Å². The number of rotatable bonds is 6. The van der Waals surface area contributed by atoms with Crippen LogP contribution in [0.25, 0.3) is 5.69 Å². The summed E-state index contributed by atoms with van der Waals surface area (Å²) in [7, 11) is 2.10. The zero-order chi connectivity index (χ0) is 26.1. The molecule has 2 heterocycles. The highest BCUT2D eigenvalue weighted by Crippen LogP contribution is 2.37. The second-order valence-corrected chi connectivity index (χ2v) is 7.27. The van der Waals surface area contributed by atoms with Gasteiger partial charge in [-0.1, -0.05) is 18.5 Å². The number of carbonyl (C=O) groups is 1. The van der Waals surface area contributed by atoms with Crippen LogP contribution in [-0.4, -0.2) is 27.2 Å². The normalized spacial score (nSPS) is 11.3. The standard InChI is InChI=1S/C21H16ClF4N3O6/c1-4-18(31)35-19-13(5-6-16(27-19)33-3)34-14-8-12(11(23)7-10(14)22)29-17(30)9-15(21(24,25)26)28(2)20(29)32/h5-9H,4H2,1-3H3. The van der Waals surface area contributed by atoms with Crippen molar-refractivity contribution in [2.24, 2.45) is 7.05 Å². The molecule has 2 aromatic heterocycles. The van der Waals surface area contributed by atoms with Crippen molar-refractivity contribution < 1.29 is 36.6 Å². The van der Waals surface area contributed by atoms with Gasteiger partial charge in [0.1, 0.15) is 17.3 Å². The Morgan fingerprint density at radius 1 is 1.14 bits per heavy atom. The number of aromatic nitrogens is 3. The van der Waals surface area contributed by atoms with Crippen LogP contribution in [-0.2, 0) is 18.0 Å². The first kappa shape index (κ1) is 25.7. The topological polar surface area (TPSA) is 102 Å². The maximum Gasteiger partial charge on any atom is 0.431 e. The Morgan fingerprint density at radius 3 is 2.43 bits per heavy atom. The first-order valence-electron chi connectivity index (χ1n) is 9.70. The fourth-order valence-electron chi connectivity index (χ4n) is 2.86. The third-order valence-electron chi connectivity index (χ3n) is 4.58. The molecule has 0 spiro atoms. The number of pyridine rings is 1. The Kier molecular flexibility index (Phi) is 7.19.